The molecule has 0 atom stereocenters. The third kappa shape index (κ3) is 3.35. The van der Waals surface area contributed by atoms with E-state index < -0.39 is 0 Å². The molecule has 0 N–H and O–H groups in total. The normalized spacial score (nSPS) is 10.6. The molecule has 0 aliphatic rings. The van der Waals surface area contributed by atoms with Crippen LogP contribution in [0.5, 0.6) is 0 Å². The third-order valence-corrected chi connectivity index (χ3v) is 3.92. The number of aromatic nitrogens is 3. The Kier molecular flexibility index (Phi) is 4.71. The van der Waals surface area contributed by atoms with Crippen LogP contribution < -0.4 is 4.90 Å². The van der Waals surface area contributed by atoms with Crippen molar-refractivity contribution < 1.29 is 9.18 Å². The van der Waals surface area contributed by atoms with Crippen LogP contribution >= 0.6 is 15.9 Å². The maximum Gasteiger partial charge on any atom is 0.279 e. The van der Waals surface area contributed by atoms with E-state index in [2.05, 4.69) is 26.0 Å². The molecule has 3 aromatic rings. The molecule has 0 radical (unpaired) electrons. The molecule has 2 aromatic heterocycles. The molecule has 0 bridgehead atoms. The van der Waals surface area contributed by atoms with E-state index in [0.29, 0.717) is 23.7 Å². The molecule has 0 spiro atoms. The summed E-state index contributed by atoms with van der Waals surface area (Å²) in [6.07, 6.45) is 3.31. The Morgan fingerprint density at radius 1 is 1.21 bits per heavy atom. The van der Waals surface area contributed by atoms with Crippen LogP contribution in [0.15, 0.2) is 59.3 Å². The number of halogens is 2. The maximum absolute atomic E-state index is 13.0. The maximum atomic E-state index is 13.0. The zero-order valence-corrected chi connectivity index (χ0v) is 14.4. The second-order valence-corrected chi connectivity index (χ2v) is 5.92. The van der Waals surface area contributed by atoms with Gasteiger partial charge in [-0.1, -0.05) is 0 Å². The summed E-state index contributed by atoms with van der Waals surface area (Å²) in [6, 6.07) is 11.1. The van der Waals surface area contributed by atoms with Gasteiger partial charge < -0.3 is 0 Å². The standard InChI is InChI=1S/C17H14BrFN4O/c1-2-22(16-8-3-12(18)11-20-16)17(24)15-9-10-23(21-15)14-6-4-13(19)5-7-14/h3-11H,2H2,1H3. The molecule has 2 heterocycles. The monoisotopic (exact) mass is 388 g/mol. The molecule has 0 saturated carbocycles. The Labute approximate surface area is 146 Å². The van der Waals surface area contributed by atoms with Gasteiger partial charge in [0.15, 0.2) is 5.69 Å². The Balaban J connectivity index is 1.86. The molecule has 0 aliphatic carbocycles. The lowest BCUT2D eigenvalue weighted by molar-refractivity contribution is 0.0982. The summed E-state index contributed by atoms with van der Waals surface area (Å²) < 4.78 is 15.4. The average Bonchev–Trinajstić information content (AvgIpc) is 3.08. The molecular weight excluding hydrogens is 375 g/mol. The number of rotatable bonds is 4. The molecule has 1 aromatic carbocycles. The predicted octanol–water partition coefficient (Wildman–Crippen LogP) is 3.84. The summed E-state index contributed by atoms with van der Waals surface area (Å²) in [5.74, 6) is -0.00380. The minimum Gasteiger partial charge on any atom is -0.292 e. The molecule has 5 nitrogen and oxygen atoms in total. The summed E-state index contributed by atoms with van der Waals surface area (Å²) in [5.41, 5.74) is 0.978. The van der Waals surface area contributed by atoms with Crippen molar-refractivity contribution >= 4 is 27.7 Å². The van der Waals surface area contributed by atoms with E-state index >= 15 is 0 Å². The van der Waals surface area contributed by atoms with Crippen LogP contribution in [-0.2, 0) is 0 Å². The van der Waals surface area contributed by atoms with Crippen molar-refractivity contribution in [2.24, 2.45) is 0 Å². The minimum absolute atomic E-state index is 0.242. The molecular formula is C17H14BrFN4O. The molecule has 0 saturated heterocycles. The van der Waals surface area contributed by atoms with Crippen molar-refractivity contribution in [2.45, 2.75) is 6.92 Å². The first-order chi connectivity index (χ1) is 11.6. The number of pyridine rings is 1. The van der Waals surface area contributed by atoms with Crippen molar-refractivity contribution in [3.63, 3.8) is 0 Å². The Morgan fingerprint density at radius 2 is 1.96 bits per heavy atom. The lowest BCUT2D eigenvalue weighted by Gasteiger charge is -2.18. The molecule has 0 fully saturated rings. The average molecular weight is 389 g/mol. The third-order valence-electron chi connectivity index (χ3n) is 3.45. The van der Waals surface area contributed by atoms with E-state index in [0.717, 1.165) is 4.47 Å². The quantitative estimate of drug-likeness (QED) is 0.682. The van der Waals surface area contributed by atoms with Crippen molar-refractivity contribution in [1.82, 2.24) is 14.8 Å². The summed E-state index contributed by atoms with van der Waals surface area (Å²) in [4.78, 5) is 18.5. The van der Waals surface area contributed by atoms with Crippen LogP contribution in [0, 0.1) is 5.82 Å². The van der Waals surface area contributed by atoms with E-state index in [1.807, 2.05) is 13.0 Å². The molecule has 0 aliphatic heterocycles. The summed E-state index contributed by atoms with van der Waals surface area (Å²) in [7, 11) is 0. The van der Waals surface area contributed by atoms with Crippen LogP contribution in [0.1, 0.15) is 17.4 Å². The van der Waals surface area contributed by atoms with Crippen LogP contribution in [0.2, 0.25) is 0 Å². The second-order valence-electron chi connectivity index (χ2n) is 5.01. The fourth-order valence-electron chi connectivity index (χ4n) is 2.25. The van der Waals surface area contributed by atoms with Gasteiger partial charge in [0.05, 0.1) is 5.69 Å². The highest BCUT2D eigenvalue weighted by atomic mass is 79.9. The molecule has 3 rings (SSSR count). The first kappa shape index (κ1) is 16.3. The molecule has 24 heavy (non-hydrogen) atoms. The number of amides is 1. The topological polar surface area (TPSA) is 51.0 Å². The van der Waals surface area contributed by atoms with Gasteiger partial charge in [-0.05, 0) is 65.3 Å². The predicted molar refractivity (Wildman–Crippen MR) is 92.8 cm³/mol. The summed E-state index contributed by atoms with van der Waals surface area (Å²) >= 11 is 3.32. The highest BCUT2D eigenvalue weighted by Gasteiger charge is 2.19. The lowest BCUT2D eigenvalue weighted by Crippen LogP contribution is -2.31. The van der Waals surface area contributed by atoms with Gasteiger partial charge in [0, 0.05) is 23.4 Å². The zero-order chi connectivity index (χ0) is 17.1. The Bertz CT molecular complexity index is 846. The van der Waals surface area contributed by atoms with Gasteiger partial charge in [-0.15, -0.1) is 0 Å². The van der Waals surface area contributed by atoms with Crippen LogP contribution in [-0.4, -0.2) is 27.2 Å². The number of carbonyl (C=O) groups excluding carboxylic acids is 1. The molecule has 1 amide bonds. The van der Waals surface area contributed by atoms with Crippen LogP contribution in [0.3, 0.4) is 0 Å². The molecule has 122 valence electrons. The van der Waals surface area contributed by atoms with E-state index in [1.54, 1.807) is 41.6 Å². The van der Waals surface area contributed by atoms with E-state index in [1.165, 1.54) is 16.8 Å². The zero-order valence-electron chi connectivity index (χ0n) is 12.9. The number of hydrogen-bond acceptors (Lipinski definition) is 3. The highest BCUT2D eigenvalue weighted by molar-refractivity contribution is 9.10. The SMILES string of the molecule is CCN(C(=O)c1ccn(-c2ccc(F)cc2)n1)c1ccc(Br)cn1. The van der Waals surface area contributed by atoms with Gasteiger partial charge in [0.2, 0.25) is 0 Å². The lowest BCUT2D eigenvalue weighted by atomic mass is 10.3. The number of benzene rings is 1. The van der Waals surface area contributed by atoms with E-state index in [-0.39, 0.29) is 11.7 Å². The molecule has 7 heteroatoms. The van der Waals surface area contributed by atoms with Crippen molar-refractivity contribution in [2.75, 3.05) is 11.4 Å². The number of anilines is 1. The van der Waals surface area contributed by atoms with Crippen molar-refractivity contribution in [1.29, 1.82) is 0 Å². The highest BCUT2D eigenvalue weighted by Crippen LogP contribution is 2.17. The number of nitrogens with zero attached hydrogens (tertiary/aromatic N) is 4. The van der Waals surface area contributed by atoms with Crippen LogP contribution in [0.25, 0.3) is 5.69 Å². The van der Waals surface area contributed by atoms with Gasteiger partial charge in [-0.2, -0.15) is 5.10 Å². The van der Waals surface area contributed by atoms with Gasteiger partial charge in [0.1, 0.15) is 11.6 Å². The summed E-state index contributed by atoms with van der Waals surface area (Å²) in [5, 5.41) is 4.29. The Morgan fingerprint density at radius 3 is 2.58 bits per heavy atom. The Hall–Kier alpha value is -2.54. The van der Waals surface area contributed by atoms with Crippen molar-refractivity contribution in [3.8, 4) is 5.69 Å². The number of hydrogen-bond donors (Lipinski definition) is 0. The van der Waals surface area contributed by atoms with Gasteiger partial charge in [0.25, 0.3) is 5.91 Å². The van der Waals surface area contributed by atoms with Crippen molar-refractivity contribution in [3.05, 3.63) is 70.8 Å². The fourth-order valence-corrected chi connectivity index (χ4v) is 2.49. The van der Waals surface area contributed by atoms with Gasteiger partial charge >= 0.3 is 0 Å². The number of carbonyl (C=O) groups is 1. The second kappa shape index (κ2) is 6.92. The minimum atomic E-state index is -0.319. The first-order valence-corrected chi connectivity index (χ1v) is 8.13. The first-order valence-electron chi connectivity index (χ1n) is 7.33. The summed E-state index contributed by atoms with van der Waals surface area (Å²) in [6.45, 7) is 2.34. The largest absolute Gasteiger partial charge is 0.292 e. The smallest absolute Gasteiger partial charge is 0.279 e. The molecule has 0 unspecified atom stereocenters. The van der Waals surface area contributed by atoms with Gasteiger partial charge in [-0.25, -0.2) is 14.1 Å². The van der Waals surface area contributed by atoms with E-state index in [4.69, 9.17) is 0 Å². The van der Waals surface area contributed by atoms with E-state index in [9.17, 15) is 9.18 Å². The van der Waals surface area contributed by atoms with Crippen LogP contribution in [0.4, 0.5) is 10.2 Å². The fraction of sp³-hybridized carbons (Fsp3) is 0.118. The van der Waals surface area contributed by atoms with Gasteiger partial charge in [-0.3, -0.25) is 9.69 Å².